The molecule has 0 atom stereocenters. The van der Waals surface area contributed by atoms with E-state index in [1.807, 2.05) is 19.9 Å². The van der Waals surface area contributed by atoms with Gasteiger partial charge >= 0.3 is 0 Å². The minimum Gasteiger partial charge on any atom is -0.508 e. The van der Waals surface area contributed by atoms with E-state index in [1.54, 1.807) is 12.1 Å². The predicted octanol–water partition coefficient (Wildman–Crippen LogP) is 2.21. The topological polar surface area (TPSA) is 55.5 Å². The van der Waals surface area contributed by atoms with Crippen LogP contribution >= 0.6 is 0 Å². The van der Waals surface area contributed by atoms with Gasteiger partial charge in [0.25, 0.3) is 0 Å². The Bertz CT molecular complexity index is 384. The molecule has 0 aliphatic heterocycles. The standard InChI is InChI=1S/C13H19NO2/c1-9(2)16-12-5-3-4-11(15)10(12)8-13(14)6-7-13/h3-5,9,15H,6-8,14H2,1-2H3. The second kappa shape index (κ2) is 3.98. The molecule has 0 aromatic heterocycles. The molecule has 0 spiro atoms. The molecule has 1 aromatic carbocycles. The molecule has 0 unspecified atom stereocenters. The SMILES string of the molecule is CC(C)Oc1cccc(O)c1CC1(N)CC1. The maximum atomic E-state index is 9.86. The van der Waals surface area contributed by atoms with Crippen molar-refractivity contribution in [3.05, 3.63) is 23.8 Å². The average Bonchev–Trinajstić information content (AvgIpc) is 2.90. The largest absolute Gasteiger partial charge is 0.508 e. The Labute approximate surface area is 96.2 Å². The first-order chi connectivity index (χ1) is 7.50. The molecule has 1 aliphatic carbocycles. The van der Waals surface area contributed by atoms with Gasteiger partial charge in [0.15, 0.2) is 0 Å². The highest BCUT2D eigenvalue weighted by Crippen LogP contribution is 2.40. The van der Waals surface area contributed by atoms with E-state index in [2.05, 4.69) is 0 Å². The first-order valence-electron chi connectivity index (χ1n) is 5.77. The third-order valence-corrected chi connectivity index (χ3v) is 2.89. The highest BCUT2D eigenvalue weighted by Gasteiger charge is 2.39. The number of aromatic hydroxyl groups is 1. The summed E-state index contributed by atoms with van der Waals surface area (Å²) in [5, 5.41) is 9.86. The molecule has 3 N–H and O–H groups in total. The van der Waals surface area contributed by atoms with Crippen molar-refractivity contribution >= 4 is 0 Å². The first-order valence-corrected chi connectivity index (χ1v) is 5.77. The van der Waals surface area contributed by atoms with Crippen molar-refractivity contribution in [3.63, 3.8) is 0 Å². The van der Waals surface area contributed by atoms with Gasteiger partial charge in [-0.3, -0.25) is 0 Å². The second-order valence-corrected chi connectivity index (χ2v) is 4.96. The van der Waals surface area contributed by atoms with Crippen LogP contribution in [0.3, 0.4) is 0 Å². The minimum atomic E-state index is -0.117. The lowest BCUT2D eigenvalue weighted by molar-refractivity contribution is 0.238. The Morgan fingerprint density at radius 1 is 1.44 bits per heavy atom. The lowest BCUT2D eigenvalue weighted by atomic mass is 10.0. The summed E-state index contributed by atoms with van der Waals surface area (Å²) in [5.41, 5.74) is 6.81. The van der Waals surface area contributed by atoms with Crippen molar-refractivity contribution in [2.75, 3.05) is 0 Å². The van der Waals surface area contributed by atoms with Gasteiger partial charge in [-0.15, -0.1) is 0 Å². The number of hydrogen-bond acceptors (Lipinski definition) is 3. The second-order valence-electron chi connectivity index (χ2n) is 4.96. The molecule has 1 aromatic rings. The van der Waals surface area contributed by atoms with Crippen molar-refractivity contribution in [2.24, 2.45) is 5.73 Å². The molecular weight excluding hydrogens is 202 g/mol. The van der Waals surface area contributed by atoms with Crippen molar-refractivity contribution in [3.8, 4) is 11.5 Å². The van der Waals surface area contributed by atoms with Crippen molar-refractivity contribution in [1.82, 2.24) is 0 Å². The van der Waals surface area contributed by atoms with E-state index in [-0.39, 0.29) is 17.4 Å². The van der Waals surface area contributed by atoms with Crippen LogP contribution < -0.4 is 10.5 Å². The third-order valence-electron chi connectivity index (χ3n) is 2.89. The quantitative estimate of drug-likeness (QED) is 0.819. The summed E-state index contributed by atoms with van der Waals surface area (Å²) in [6.07, 6.45) is 2.86. The maximum Gasteiger partial charge on any atom is 0.126 e. The van der Waals surface area contributed by atoms with E-state index in [0.29, 0.717) is 6.42 Å². The average molecular weight is 221 g/mol. The monoisotopic (exact) mass is 221 g/mol. The van der Waals surface area contributed by atoms with Crippen LogP contribution in [0, 0.1) is 0 Å². The molecule has 3 nitrogen and oxygen atoms in total. The Kier molecular flexibility index (Phi) is 2.80. The van der Waals surface area contributed by atoms with Gasteiger partial charge < -0.3 is 15.6 Å². The third kappa shape index (κ3) is 2.47. The molecule has 3 heteroatoms. The lowest BCUT2D eigenvalue weighted by Crippen LogP contribution is -2.25. The van der Waals surface area contributed by atoms with E-state index in [9.17, 15) is 5.11 Å². The van der Waals surface area contributed by atoms with Crippen LogP contribution in [0.25, 0.3) is 0 Å². The zero-order chi connectivity index (χ0) is 11.8. The van der Waals surface area contributed by atoms with Gasteiger partial charge in [-0.2, -0.15) is 0 Å². The molecule has 0 heterocycles. The molecule has 1 saturated carbocycles. The number of ether oxygens (including phenoxy) is 1. The van der Waals surface area contributed by atoms with Crippen LogP contribution in [0.5, 0.6) is 11.5 Å². The predicted molar refractivity (Wildman–Crippen MR) is 63.7 cm³/mol. The van der Waals surface area contributed by atoms with Gasteiger partial charge in [-0.1, -0.05) is 6.07 Å². The van der Waals surface area contributed by atoms with Crippen LogP contribution in [0.2, 0.25) is 0 Å². The van der Waals surface area contributed by atoms with Crippen molar-refractivity contribution in [1.29, 1.82) is 0 Å². The molecule has 0 bridgehead atoms. The van der Waals surface area contributed by atoms with E-state index in [1.165, 1.54) is 0 Å². The number of hydrogen-bond donors (Lipinski definition) is 2. The minimum absolute atomic E-state index is 0.105. The molecule has 0 amide bonds. The van der Waals surface area contributed by atoms with Crippen molar-refractivity contribution in [2.45, 2.75) is 44.8 Å². The fourth-order valence-corrected chi connectivity index (χ4v) is 1.79. The van der Waals surface area contributed by atoms with Gasteiger partial charge in [-0.25, -0.2) is 0 Å². The highest BCUT2D eigenvalue weighted by molar-refractivity contribution is 5.45. The normalized spacial score (nSPS) is 17.5. The van der Waals surface area contributed by atoms with Gasteiger partial charge in [0.1, 0.15) is 11.5 Å². The van der Waals surface area contributed by atoms with E-state index >= 15 is 0 Å². The number of nitrogens with two attached hydrogens (primary N) is 1. The summed E-state index contributed by atoms with van der Waals surface area (Å²) >= 11 is 0. The molecule has 0 saturated heterocycles. The van der Waals surface area contributed by atoms with E-state index < -0.39 is 0 Å². The Morgan fingerprint density at radius 2 is 2.12 bits per heavy atom. The number of benzene rings is 1. The summed E-state index contributed by atoms with van der Waals surface area (Å²) in [7, 11) is 0. The van der Waals surface area contributed by atoms with Gasteiger partial charge in [0.2, 0.25) is 0 Å². The lowest BCUT2D eigenvalue weighted by Gasteiger charge is -2.17. The van der Waals surface area contributed by atoms with Gasteiger partial charge in [0.05, 0.1) is 6.10 Å². The molecule has 1 aliphatic rings. The summed E-state index contributed by atoms with van der Waals surface area (Å²) in [6.45, 7) is 3.95. The Morgan fingerprint density at radius 3 is 2.69 bits per heavy atom. The molecule has 1 fully saturated rings. The Balaban J connectivity index is 2.25. The molecule has 88 valence electrons. The zero-order valence-corrected chi connectivity index (χ0v) is 9.86. The fraction of sp³-hybridized carbons (Fsp3) is 0.538. The number of phenols is 1. The van der Waals surface area contributed by atoms with Gasteiger partial charge in [0, 0.05) is 11.1 Å². The fourth-order valence-electron chi connectivity index (χ4n) is 1.79. The zero-order valence-electron chi connectivity index (χ0n) is 9.86. The van der Waals surface area contributed by atoms with Crippen LogP contribution in [0.1, 0.15) is 32.3 Å². The summed E-state index contributed by atoms with van der Waals surface area (Å²) in [4.78, 5) is 0. The summed E-state index contributed by atoms with van der Waals surface area (Å²) < 4.78 is 5.68. The smallest absolute Gasteiger partial charge is 0.126 e. The first kappa shape index (κ1) is 11.3. The molecule has 16 heavy (non-hydrogen) atoms. The molecule has 2 rings (SSSR count). The van der Waals surface area contributed by atoms with Crippen LogP contribution in [0.15, 0.2) is 18.2 Å². The molecule has 0 radical (unpaired) electrons. The number of rotatable bonds is 4. The van der Waals surface area contributed by atoms with Crippen molar-refractivity contribution < 1.29 is 9.84 Å². The van der Waals surface area contributed by atoms with Crippen LogP contribution in [-0.2, 0) is 6.42 Å². The van der Waals surface area contributed by atoms with Crippen LogP contribution in [-0.4, -0.2) is 16.7 Å². The summed E-state index contributed by atoms with van der Waals surface area (Å²) in [6, 6.07) is 5.38. The van der Waals surface area contributed by atoms with Gasteiger partial charge in [-0.05, 0) is 45.2 Å². The Hall–Kier alpha value is -1.22. The highest BCUT2D eigenvalue weighted by atomic mass is 16.5. The maximum absolute atomic E-state index is 9.86. The van der Waals surface area contributed by atoms with E-state index in [4.69, 9.17) is 10.5 Å². The number of phenolic OH excluding ortho intramolecular Hbond substituents is 1. The van der Waals surface area contributed by atoms with E-state index in [0.717, 1.165) is 24.2 Å². The van der Waals surface area contributed by atoms with Crippen LogP contribution in [0.4, 0.5) is 0 Å². The molecular formula is C13H19NO2. The summed E-state index contributed by atoms with van der Waals surface area (Å²) in [5.74, 6) is 1.04.